The smallest absolute Gasteiger partial charge is 0.230 e. The van der Waals surface area contributed by atoms with Gasteiger partial charge in [0.05, 0.1) is 4.88 Å². The van der Waals surface area contributed by atoms with Crippen molar-refractivity contribution >= 4 is 21.4 Å². The third-order valence-corrected chi connectivity index (χ3v) is 4.56. The molecular formula is C13H12O2S. The van der Waals surface area contributed by atoms with E-state index in [0.29, 0.717) is 11.7 Å². The number of hydrogen-bond donors (Lipinski definition) is 0. The fourth-order valence-electron chi connectivity index (χ4n) is 2.05. The molecule has 1 aromatic carbocycles. The highest BCUT2D eigenvalue weighted by atomic mass is 32.1. The van der Waals surface area contributed by atoms with E-state index in [-0.39, 0.29) is 11.5 Å². The van der Waals surface area contributed by atoms with Crippen molar-refractivity contribution < 1.29 is 4.74 Å². The molecule has 82 valence electrons. The molecule has 0 aliphatic carbocycles. The van der Waals surface area contributed by atoms with Gasteiger partial charge in [-0.1, -0.05) is 19.1 Å². The average molecular weight is 232 g/mol. The van der Waals surface area contributed by atoms with E-state index in [0.717, 1.165) is 15.0 Å². The van der Waals surface area contributed by atoms with Crippen molar-refractivity contribution in [3.8, 4) is 5.75 Å². The standard InChI is InChI=1S/C13H12O2S/c1-7-8(2)15-12-11(14)9-5-3-4-6-10(9)16-13(7)12/h3-8H,1-2H3. The Kier molecular flexibility index (Phi) is 2.04. The third-order valence-electron chi connectivity index (χ3n) is 3.20. The normalized spacial score (nSPS) is 23.1. The Bertz CT molecular complexity index is 615. The summed E-state index contributed by atoms with van der Waals surface area (Å²) in [4.78, 5) is 13.3. The van der Waals surface area contributed by atoms with Crippen molar-refractivity contribution in [3.63, 3.8) is 0 Å². The molecule has 1 aromatic heterocycles. The zero-order chi connectivity index (χ0) is 11.3. The lowest BCUT2D eigenvalue weighted by Crippen LogP contribution is -2.12. The molecule has 1 aliphatic heterocycles. The summed E-state index contributed by atoms with van der Waals surface area (Å²) in [6.07, 6.45) is 0.107. The lowest BCUT2D eigenvalue weighted by Gasteiger charge is -2.06. The van der Waals surface area contributed by atoms with Crippen molar-refractivity contribution in [2.75, 3.05) is 0 Å². The first-order valence-corrected chi connectivity index (χ1v) is 6.22. The van der Waals surface area contributed by atoms with Gasteiger partial charge in [0, 0.05) is 16.0 Å². The fourth-order valence-corrected chi connectivity index (χ4v) is 3.32. The summed E-state index contributed by atoms with van der Waals surface area (Å²) in [5, 5.41) is 0.771. The number of ether oxygens (including phenoxy) is 1. The minimum atomic E-state index is 0.0422. The van der Waals surface area contributed by atoms with E-state index >= 15 is 0 Å². The number of hydrogen-bond acceptors (Lipinski definition) is 3. The highest BCUT2D eigenvalue weighted by Crippen LogP contribution is 2.40. The van der Waals surface area contributed by atoms with Crippen LogP contribution in [0, 0.1) is 0 Å². The van der Waals surface area contributed by atoms with Gasteiger partial charge in [0.2, 0.25) is 5.43 Å². The van der Waals surface area contributed by atoms with Gasteiger partial charge in [-0.15, -0.1) is 11.3 Å². The number of rotatable bonds is 0. The zero-order valence-corrected chi connectivity index (χ0v) is 10.0. The molecule has 3 rings (SSSR count). The van der Waals surface area contributed by atoms with Crippen molar-refractivity contribution in [2.45, 2.75) is 25.9 Å². The second-order valence-electron chi connectivity index (χ2n) is 4.23. The molecule has 3 heteroatoms. The lowest BCUT2D eigenvalue weighted by atomic mass is 10.1. The van der Waals surface area contributed by atoms with Gasteiger partial charge in [0.1, 0.15) is 6.10 Å². The van der Waals surface area contributed by atoms with Gasteiger partial charge in [-0.05, 0) is 19.1 Å². The van der Waals surface area contributed by atoms with Crippen LogP contribution in [0.4, 0.5) is 0 Å². The van der Waals surface area contributed by atoms with Gasteiger partial charge in [-0.25, -0.2) is 0 Å². The first-order valence-electron chi connectivity index (χ1n) is 5.41. The van der Waals surface area contributed by atoms with Gasteiger partial charge in [-0.2, -0.15) is 0 Å². The molecule has 0 radical (unpaired) electrons. The SMILES string of the molecule is CC1Oc2c(sc3ccccc3c2=O)C1C. The summed E-state index contributed by atoms with van der Waals surface area (Å²) >= 11 is 1.68. The maximum absolute atomic E-state index is 12.2. The second kappa shape index (κ2) is 3.32. The van der Waals surface area contributed by atoms with Crippen molar-refractivity contribution in [1.82, 2.24) is 0 Å². The Morgan fingerprint density at radius 1 is 1.25 bits per heavy atom. The van der Waals surface area contributed by atoms with Crippen LogP contribution in [0.15, 0.2) is 29.1 Å². The molecule has 2 heterocycles. The van der Waals surface area contributed by atoms with Gasteiger partial charge >= 0.3 is 0 Å². The predicted molar refractivity (Wildman–Crippen MR) is 66.6 cm³/mol. The molecule has 0 saturated heterocycles. The monoisotopic (exact) mass is 232 g/mol. The maximum atomic E-state index is 12.2. The maximum Gasteiger partial charge on any atom is 0.230 e. The van der Waals surface area contributed by atoms with Crippen LogP contribution in [0.1, 0.15) is 24.6 Å². The first kappa shape index (κ1) is 9.85. The van der Waals surface area contributed by atoms with Gasteiger partial charge in [0.15, 0.2) is 5.75 Å². The van der Waals surface area contributed by atoms with Crippen LogP contribution in [0.5, 0.6) is 5.75 Å². The highest BCUT2D eigenvalue weighted by Gasteiger charge is 2.31. The Balaban J connectivity index is 2.40. The van der Waals surface area contributed by atoms with E-state index < -0.39 is 0 Å². The van der Waals surface area contributed by atoms with E-state index in [9.17, 15) is 4.79 Å². The Labute approximate surface area is 97.5 Å². The number of fused-ring (bicyclic) bond motifs is 2. The summed E-state index contributed by atoms with van der Waals surface area (Å²) in [7, 11) is 0. The molecule has 2 aromatic rings. The van der Waals surface area contributed by atoms with Crippen LogP contribution in [0.3, 0.4) is 0 Å². The van der Waals surface area contributed by atoms with Crippen LogP contribution in [0.2, 0.25) is 0 Å². The fraction of sp³-hybridized carbons (Fsp3) is 0.308. The summed E-state index contributed by atoms with van der Waals surface area (Å²) in [5.41, 5.74) is 0.0422. The molecule has 0 saturated carbocycles. The Hall–Kier alpha value is -1.35. The van der Waals surface area contributed by atoms with Gasteiger partial charge in [0.25, 0.3) is 0 Å². The average Bonchev–Trinajstić information content (AvgIpc) is 2.58. The van der Waals surface area contributed by atoms with E-state index in [1.54, 1.807) is 11.3 Å². The zero-order valence-electron chi connectivity index (χ0n) is 9.19. The van der Waals surface area contributed by atoms with Crippen LogP contribution >= 0.6 is 11.3 Å². The molecule has 2 unspecified atom stereocenters. The van der Waals surface area contributed by atoms with Gasteiger partial charge in [-0.3, -0.25) is 4.79 Å². The molecule has 0 fully saturated rings. The quantitative estimate of drug-likeness (QED) is 0.697. The van der Waals surface area contributed by atoms with Crippen molar-refractivity contribution in [3.05, 3.63) is 39.4 Å². The molecule has 0 bridgehead atoms. The largest absolute Gasteiger partial charge is 0.485 e. The molecule has 0 amide bonds. The van der Waals surface area contributed by atoms with Crippen LogP contribution in [-0.4, -0.2) is 6.10 Å². The minimum Gasteiger partial charge on any atom is -0.485 e. The molecule has 2 nitrogen and oxygen atoms in total. The van der Waals surface area contributed by atoms with Gasteiger partial charge < -0.3 is 4.74 Å². The third kappa shape index (κ3) is 1.21. The van der Waals surface area contributed by atoms with Crippen molar-refractivity contribution in [2.24, 2.45) is 0 Å². The molecule has 2 atom stereocenters. The lowest BCUT2D eigenvalue weighted by molar-refractivity contribution is 0.231. The molecule has 0 spiro atoms. The second-order valence-corrected chi connectivity index (χ2v) is 5.32. The molecular weight excluding hydrogens is 220 g/mol. The van der Waals surface area contributed by atoms with E-state index in [1.165, 1.54) is 0 Å². The summed E-state index contributed by atoms with van der Waals surface area (Å²) in [6.45, 7) is 4.13. The van der Waals surface area contributed by atoms with Crippen molar-refractivity contribution in [1.29, 1.82) is 0 Å². The molecule has 16 heavy (non-hydrogen) atoms. The minimum absolute atomic E-state index is 0.0422. The molecule has 1 aliphatic rings. The van der Waals surface area contributed by atoms with E-state index in [2.05, 4.69) is 6.92 Å². The van der Waals surface area contributed by atoms with Crippen LogP contribution < -0.4 is 10.2 Å². The first-order chi connectivity index (χ1) is 7.68. The van der Waals surface area contributed by atoms with Crippen LogP contribution in [0.25, 0.3) is 10.1 Å². The summed E-state index contributed by atoms with van der Waals surface area (Å²) < 4.78 is 6.71. The Morgan fingerprint density at radius 2 is 2.00 bits per heavy atom. The van der Waals surface area contributed by atoms with E-state index in [1.807, 2.05) is 31.2 Å². The van der Waals surface area contributed by atoms with E-state index in [4.69, 9.17) is 4.74 Å². The highest BCUT2D eigenvalue weighted by molar-refractivity contribution is 7.18. The topological polar surface area (TPSA) is 26.3 Å². The number of benzene rings is 1. The summed E-state index contributed by atoms with van der Waals surface area (Å²) in [5.74, 6) is 0.890. The van der Waals surface area contributed by atoms with Crippen LogP contribution in [-0.2, 0) is 0 Å². The summed E-state index contributed by atoms with van der Waals surface area (Å²) in [6, 6.07) is 7.72. The Morgan fingerprint density at radius 3 is 2.81 bits per heavy atom. The predicted octanol–water partition coefficient (Wildman–Crippen LogP) is 3.15. The molecule has 0 N–H and O–H groups in total.